The van der Waals surface area contributed by atoms with E-state index < -0.39 is 21.7 Å². The molecule has 0 radical (unpaired) electrons. The number of anilines is 2. The van der Waals surface area contributed by atoms with Gasteiger partial charge in [0, 0.05) is 58.4 Å². The van der Waals surface area contributed by atoms with E-state index in [0.29, 0.717) is 13.1 Å². The standard InChI is InChI=1S/C19H24F2N6O2S/c1-24-4-6-25(7-5-24)18-13-19(23-14-22-18)26-8-10-27(11-9-26)30(28,29)15-2-3-16(20)17(21)12-15/h2-3,12-14H,4-11H2,1H3. The quantitative estimate of drug-likeness (QED) is 0.706. The molecule has 0 aliphatic carbocycles. The van der Waals surface area contributed by atoms with Gasteiger partial charge in [-0.1, -0.05) is 0 Å². The first-order valence-electron chi connectivity index (χ1n) is 9.80. The molecule has 8 nitrogen and oxygen atoms in total. The molecule has 11 heteroatoms. The minimum absolute atomic E-state index is 0.231. The molecule has 0 atom stereocenters. The summed E-state index contributed by atoms with van der Waals surface area (Å²) in [6.07, 6.45) is 1.54. The molecule has 2 aliphatic heterocycles. The van der Waals surface area contributed by atoms with Crippen LogP contribution in [0.4, 0.5) is 20.4 Å². The molecule has 0 spiro atoms. The van der Waals surface area contributed by atoms with Crippen molar-refractivity contribution in [1.29, 1.82) is 0 Å². The third-order valence-corrected chi connectivity index (χ3v) is 7.45. The van der Waals surface area contributed by atoms with E-state index >= 15 is 0 Å². The molecule has 1 aromatic heterocycles. The Kier molecular flexibility index (Phi) is 5.85. The number of aromatic nitrogens is 2. The zero-order valence-corrected chi connectivity index (χ0v) is 17.5. The van der Waals surface area contributed by atoms with Crippen molar-refractivity contribution < 1.29 is 17.2 Å². The summed E-state index contributed by atoms with van der Waals surface area (Å²) in [7, 11) is -1.79. The van der Waals surface area contributed by atoms with Gasteiger partial charge in [-0.05, 0) is 25.2 Å². The van der Waals surface area contributed by atoms with Gasteiger partial charge in [0.05, 0.1) is 4.90 Å². The van der Waals surface area contributed by atoms with E-state index in [-0.39, 0.29) is 18.0 Å². The number of sulfonamides is 1. The van der Waals surface area contributed by atoms with Crippen LogP contribution in [0.5, 0.6) is 0 Å². The number of hydrogen-bond acceptors (Lipinski definition) is 7. The summed E-state index contributed by atoms with van der Waals surface area (Å²) in [5.41, 5.74) is 0. The summed E-state index contributed by atoms with van der Waals surface area (Å²) in [4.78, 5) is 15.0. The highest BCUT2D eigenvalue weighted by Crippen LogP contribution is 2.23. The zero-order chi connectivity index (χ0) is 21.3. The molecule has 0 N–H and O–H groups in total. The van der Waals surface area contributed by atoms with Crippen LogP contribution >= 0.6 is 0 Å². The van der Waals surface area contributed by atoms with Crippen LogP contribution in [-0.2, 0) is 10.0 Å². The van der Waals surface area contributed by atoms with Gasteiger partial charge in [0.2, 0.25) is 10.0 Å². The molecule has 0 saturated carbocycles. The normalized spacial score (nSPS) is 19.3. The minimum Gasteiger partial charge on any atom is -0.354 e. The van der Waals surface area contributed by atoms with Gasteiger partial charge in [0.15, 0.2) is 11.6 Å². The van der Waals surface area contributed by atoms with Crippen LogP contribution in [0.25, 0.3) is 0 Å². The molecule has 162 valence electrons. The predicted octanol–water partition coefficient (Wildman–Crippen LogP) is 1.02. The van der Waals surface area contributed by atoms with Gasteiger partial charge < -0.3 is 14.7 Å². The van der Waals surface area contributed by atoms with Crippen molar-refractivity contribution >= 4 is 21.7 Å². The number of hydrogen-bond donors (Lipinski definition) is 0. The first kappa shape index (κ1) is 20.9. The zero-order valence-electron chi connectivity index (χ0n) is 16.7. The average Bonchev–Trinajstić information content (AvgIpc) is 2.76. The molecule has 0 unspecified atom stereocenters. The minimum atomic E-state index is -3.88. The summed E-state index contributed by atoms with van der Waals surface area (Å²) >= 11 is 0. The summed E-state index contributed by atoms with van der Waals surface area (Å²) in [5, 5.41) is 0. The molecular weight excluding hydrogens is 414 g/mol. The number of nitrogens with zero attached hydrogens (tertiary/aromatic N) is 6. The molecular formula is C19H24F2N6O2S. The van der Waals surface area contributed by atoms with Gasteiger partial charge in [0.1, 0.15) is 18.0 Å². The number of likely N-dealkylation sites (N-methyl/N-ethyl adjacent to an activating group) is 1. The van der Waals surface area contributed by atoms with Crippen LogP contribution in [0.2, 0.25) is 0 Å². The van der Waals surface area contributed by atoms with Crippen molar-refractivity contribution in [2.24, 2.45) is 0 Å². The van der Waals surface area contributed by atoms with Crippen LogP contribution < -0.4 is 9.80 Å². The maximum absolute atomic E-state index is 13.5. The number of piperazine rings is 2. The van der Waals surface area contributed by atoms with Crippen molar-refractivity contribution in [3.8, 4) is 0 Å². The van der Waals surface area contributed by atoms with E-state index in [0.717, 1.165) is 56.0 Å². The molecule has 2 aromatic rings. The molecule has 4 rings (SSSR count). The summed E-state index contributed by atoms with van der Waals surface area (Å²) in [6.45, 7) is 5.09. The second-order valence-corrected chi connectivity index (χ2v) is 9.43. The lowest BCUT2D eigenvalue weighted by molar-refractivity contribution is 0.312. The fourth-order valence-corrected chi connectivity index (χ4v) is 5.10. The van der Waals surface area contributed by atoms with Crippen LogP contribution in [-0.4, -0.2) is 87.0 Å². The van der Waals surface area contributed by atoms with E-state index in [1.807, 2.05) is 11.0 Å². The number of rotatable bonds is 4. The Morgan fingerprint density at radius 3 is 1.93 bits per heavy atom. The third kappa shape index (κ3) is 4.23. The fraction of sp³-hybridized carbons (Fsp3) is 0.474. The highest BCUT2D eigenvalue weighted by molar-refractivity contribution is 7.89. The second kappa shape index (κ2) is 8.40. The Morgan fingerprint density at radius 2 is 1.37 bits per heavy atom. The van der Waals surface area contributed by atoms with E-state index in [2.05, 4.69) is 26.8 Å². The van der Waals surface area contributed by atoms with E-state index in [4.69, 9.17) is 0 Å². The van der Waals surface area contributed by atoms with Crippen molar-refractivity contribution in [2.45, 2.75) is 4.90 Å². The average molecular weight is 439 g/mol. The van der Waals surface area contributed by atoms with E-state index in [9.17, 15) is 17.2 Å². The summed E-state index contributed by atoms with van der Waals surface area (Å²) in [5.74, 6) is -0.625. The maximum atomic E-state index is 13.5. The molecule has 2 saturated heterocycles. The van der Waals surface area contributed by atoms with Gasteiger partial charge in [0.25, 0.3) is 0 Å². The lowest BCUT2D eigenvalue weighted by Crippen LogP contribution is -2.49. The third-order valence-electron chi connectivity index (χ3n) is 5.56. The molecule has 0 amide bonds. The van der Waals surface area contributed by atoms with Gasteiger partial charge in [-0.15, -0.1) is 0 Å². The summed E-state index contributed by atoms with van der Waals surface area (Å²) < 4.78 is 53.4. The SMILES string of the molecule is CN1CCN(c2cc(N3CCN(S(=O)(=O)c4ccc(F)c(F)c4)CC3)ncn2)CC1. The largest absolute Gasteiger partial charge is 0.354 e. The molecule has 3 heterocycles. The van der Waals surface area contributed by atoms with Crippen molar-refractivity contribution in [1.82, 2.24) is 19.2 Å². The van der Waals surface area contributed by atoms with Crippen LogP contribution in [0.15, 0.2) is 35.5 Å². The van der Waals surface area contributed by atoms with Crippen molar-refractivity contribution in [3.05, 3.63) is 42.2 Å². The van der Waals surface area contributed by atoms with Crippen LogP contribution in [0, 0.1) is 11.6 Å². The lowest BCUT2D eigenvalue weighted by atomic mass is 10.3. The molecule has 2 aliphatic rings. The molecule has 0 bridgehead atoms. The second-order valence-electron chi connectivity index (χ2n) is 7.49. The maximum Gasteiger partial charge on any atom is 0.243 e. The Hall–Kier alpha value is -2.37. The first-order chi connectivity index (χ1) is 14.3. The topological polar surface area (TPSA) is 72.9 Å². The van der Waals surface area contributed by atoms with Crippen LogP contribution in [0.1, 0.15) is 0 Å². The van der Waals surface area contributed by atoms with Gasteiger partial charge in [-0.3, -0.25) is 0 Å². The number of halogens is 2. The van der Waals surface area contributed by atoms with E-state index in [1.54, 1.807) is 0 Å². The fourth-order valence-electron chi connectivity index (χ4n) is 3.66. The molecule has 1 aromatic carbocycles. The molecule has 30 heavy (non-hydrogen) atoms. The first-order valence-corrected chi connectivity index (χ1v) is 11.2. The van der Waals surface area contributed by atoms with Crippen molar-refractivity contribution in [2.75, 3.05) is 69.2 Å². The predicted molar refractivity (Wildman–Crippen MR) is 109 cm³/mol. The molecule has 2 fully saturated rings. The summed E-state index contributed by atoms with van der Waals surface area (Å²) in [6, 6.07) is 4.58. The Balaban J connectivity index is 1.43. The highest BCUT2D eigenvalue weighted by Gasteiger charge is 2.30. The Labute approximate surface area is 174 Å². The Bertz CT molecular complexity index is 1010. The smallest absolute Gasteiger partial charge is 0.243 e. The van der Waals surface area contributed by atoms with Gasteiger partial charge >= 0.3 is 0 Å². The number of benzene rings is 1. The Morgan fingerprint density at radius 1 is 0.800 bits per heavy atom. The monoisotopic (exact) mass is 438 g/mol. The van der Waals surface area contributed by atoms with E-state index in [1.165, 1.54) is 10.6 Å². The van der Waals surface area contributed by atoms with Gasteiger partial charge in [-0.2, -0.15) is 4.31 Å². The van der Waals surface area contributed by atoms with Gasteiger partial charge in [-0.25, -0.2) is 27.2 Å². The van der Waals surface area contributed by atoms with Crippen LogP contribution in [0.3, 0.4) is 0 Å². The lowest BCUT2D eigenvalue weighted by Gasteiger charge is -2.36. The van der Waals surface area contributed by atoms with Crippen molar-refractivity contribution in [3.63, 3.8) is 0 Å². The highest BCUT2D eigenvalue weighted by atomic mass is 32.2.